The second-order valence-electron chi connectivity index (χ2n) is 7.57. The number of esters is 1. The summed E-state index contributed by atoms with van der Waals surface area (Å²) in [7, 11) is 3.11. The van der Waals surface area contributed by atoms with Gasteiger partial charge in [-0.25, -0.2) is 4.79 Å². The number of fused-ring (bicyclic) bond motifs is 1. The molecule has 1 aromatic carbocycles. The van der Waals surface area contributed by atoms with Crippen LogP contribution in [0.3, 0.4) is 0 Å². The summed E-state index contributed by atoms with van der Waals surface area (Å²) in [4.78, 5) is 40.4. The number of nitrogens with zero attached hydrogens (tertiary/aromatic N) is 4. The molecule has 3 heterocycles. The lowest BCUT2D eigenvalue weighted by Gasteiger charge is -2.32. The van der Waals surface area contributed by atoms with Crippen LogP contribution in [0.5, 0.6) is 0 Å². The van der Waals surface area contributed by atoms with Gasteiger partial charge in [-0.2, -0.15) is 5.10 Å². The number of ether oxygens (including phenoxy) is 1. The highest BCUT2D eigenvalue weighted by Gasteiger charge is 2.30. The van der Waals surface area contributed by atoms with Gasteiger partial charge in [0.25, 0.3) is 11.8 Å². The van der Waals surface area contributed by atoms with Crippen LogP contribution in [0.2, 0.25) is 0 Å². The van der Waals surface area contributed by atoms with Gasteiger partial charge in [0.2, 0.25) is 0 Å². The first-order chi connectivity index (χ1) is 14.0. The first-order valence-corrected chi connectivity index (χ1v) is 9.79. The van der Waals surface area contributed by atoms with E-state index in [0.717, 1.165) is 18.4 Å². The van der Waals surface area contributed by atoms with Gasteiger partial charge in [0, 0.05) is 38.7 Å². The number of rotatable bonds is 3. The molecule has 1 unspecified atom stereocenters. The standard InChI is InChI=1S/C21H24N4O4/c1-23-10-11-25-18(20(23)27)12-17(22-25)19(26)24-9-3-4-16(13-24)14-5-7-15(8-6-14)21(28)29-2/h5-8,12,16H,3-4,9-11,13H2,1-2H3. The average molecular weight is 396 g/mol. The minimum atomic E-state index is -0.360. The van der Waals surface area contributed by atoms with Crippen LogP contribution in [-0.2, 0) is 11.3 Å². The predicted molar refractivity (Wildman–Crippen MR) is 105 cm³/mol. The highest BCUT2D eigenvalue weighted by molar-refractivity contribution is 5.98. The van der Waals surface area contributed by atoms with Crippen molar-refractivity contribution in [3.05, 3.63) is 52.8 Å². The number of methoxy groups -OCH3 is 1. The third kappa shape index (κ3) is 3.62. The number of carbonyl (C=O) groups excluding carboxylic acids is 3. The van der Waals surface area contributed by atoms with E-state index in [1.165, 1.54) is 7.11 Å². The lowest BCUT2D eigenvalue weighted by atomic mass is 9.90. The summed E-state index contributed by atoms with van der Waals surface area (Å²) in [6, 6.07) is 8.97. The van der Waals surface area contributed by atoms with Gasteiger partial charge in [-0.1, -0.05) is 12.1 Å². The molecule has 0 aliphatic carbocycles. The maximum atomic E-state index is 13.0. The molecule has 2 aromatic rings. The maximum absolute atomic E-state index is 13.0. The minimum absolute atomic E-state index is 0.106. The molecule has 0 bridgehead atoms. The molecule has 8 heteroatoms. The lowest BCUT2D eigenvalue weighted by Crippen LogP contribution is -2.39. The van der Waals surface area contributed by atoms with Crippen molar-refractivity contribution >= 4 is 17.8 Å². The SMILES string of the molecule is COC(=O)c1ccc(C2CCCN(C(=O)c3cc4n(n3)CCN(C)C4=O)C2)cc1. The maximum Gasteiger partial charge on any atom is 0.337 e. The molecule has 152 valence electrons. The second-order valence-corrected chi connectivity index (χ2v) is 7.57. The van der Waals surface area contributed by atoms with Gasteiger partial charge in [-0.05, 0) is 30.5 Å². The van der Waals surface area contributed by atoms with Crippen LogP contribution in [-0.4, -0.2) is 71.2 Å². The molecule has 2 aliphatic heterocycles. The number of hydrogen-bond donors (Lipinski definition) is 0. The Balaban J connectivity index is 1.49. The van der Waals surface area contributed by atoms with Crippen molar-refractivity contribution < 1.29 is 19.1 Å². The van der Waals surface area contributed by atoms with Gasteiger partial charge < -0.3 is 14.5 Å². The van der Waals surface area contributed by atoms with Gasteiger partial charge >= 0.3 is 5.97 Å². The smallest absolute Gasteiger partial charge is 0.337 e. The van der Waals surface area contributed by atoms with E-state index in [9.17, 15) is 14.4 Å². The summed E-state index contributed by atoms with van der Waals surface area (Å²) in [6.07, 6.45) is 1.87. The lowest BCUT2D eigenvalue weighted by molar-refractivity contribution is 0.0600. The third-order valence-electron chi connectivity index (χ3n) is 5.72. The zero-order valence-corrected chi connectivity index (χ0v) is 16.6. The fourth-order valence-electron chi connectivity index (χ4n) is 4.01. The Labute approximate surface area is 169 Å². The summed E-state index contributed by atoms with van der Waals surface area (Å²) >= 11 is 0. The van der Waals surface area contributed by atoms with Gasteiger partial charge in [-0.3, -0.25) is 14.3 Å². The second kappa shape index (κ2) is 7.69. The summed E-state index contributed by atoms with van der Waals surface area (Å²) in [6.45, 7) is 2.45. The summed E-state index contributed by atoms with van der Waals surface area (Å²) in [5.41, 5.74) is 2.40. The summed E-state index contributed by atoms with van der Waals surface area (Å²) in [5, 5.41) is 4.38. The first-order valence-electron chi connectivity index (χ1n) is 9.79. The highest BCUT2D eigenvalue weighted by atomic mass is 16.5. The van der Waals surface area contributed by atoms with Crippen molar-refractivity contribution in [3.63, 3.8) is 0 Å². The predicted octanol–water partition coefficient (Wildman–Crippen LogP) is 1.78. The zero-order valence-electron chi connectivity index (χ0n) is 16.6. The van der Waals surface area contributed by atoms with E-state index in [0.29, 0.717) is 43.1 Å². The minimum Gasteiger partial charge on any atom is -0.465 e. The van der Waals surface area contributed by atoms with E-state index in [-0.39, 0.29) is 23.7 Å². The van der Waals surface area contributed by atoms with Crippen LogP contribution < -0.4 is 0 Å². The van der Waals surface area contributed by atoms with Crippen molar-refractivity contribution in [3.8, 4) is 0 Å². The van der Waals surface area contributed by atoms with Crippen LogP contribution in [0.1, 0.15) is 55.7 Å². The first kappa shape index (κ1) is 19.2. The molecule has 0 radical (unpaired) electrons. The molecule has 29 heavy (non-hydrogen) atoms. The third-order valence-corrected chi connectivity index (χ3v) is 5.72. The van der Waals surface area contributed by atoms with Crippen LogP contribution in [0, 0.1) is 0 Å². The molecule has 2 aliphatic rings. The molecular weight excluding hydrogens is 372 g/mol. The average Bonchev–Trinajstić information content (AvgIpc) is 3.20. The van der Waals surface area contributed by atoms with E-state index in [2.05, 4.69) is 5.10 Å². The van der Waals surface area contributed by atoms with E-state index in [4.69, 9.17) is 4.74 Å². The van der Waals surface area contributed by atoms with Gasteiger partial charge in [0.1, 0.15) is 5.69 Å². The Morgan fingerprint density at radius 2 is 1.90 bits per heavy atom. The topological polar surface area (TPSA) is 84.7 Å². The van der Waals surface area contributed by atoms with E-state index >= 15 is 0 Å². The number of piperidine rings is 1. The number of aromatic nitrogens is 2. The largest absolute Gasteiger partial charge is 0.465 e. The number of hydrogen-bond acceptors (Lipinski definition) is 5. The molecular formula is C21H24N4O4. The number of likely N-dealkylation sites (tertiary alicyclic amines) is 1. The number of likely N-dealkylation sites (N-methyl/N-ethyl adjacent to an activating group) is 1. The molecule has 4 rings (SSSR count). The van der Waals surface area contributed by atoms with E-state index < -0.39 is 0 Å². The Bertz CT molecular complexity index is 950. The number of benzene rings is 1. The number of amides is 2. The quantitative estimate of drug-likeness (QED) is 0.739. The van der Waals surface area contributed by atoms with Crippen LogP contribution in [0.25, 0.3) is 0 Å². The monoisotopic (exact) mass is 396 g/mol. The van der Waals surface area contributed by atoms with Crippen molar-refractivity contribution in [1.82, 2.24) is 19.6 Å². The Morgan fingerprint density at radius 3 is 2.62 bits per heavy atom. The fourth-order valence-corrected chi connectivity index (χ4v) is 4.01. The highest BCUT2D eigenvalue weighted by Crippen LogP contribution is 2.28. The molecule has 1 saturated heterocycles. The molecule has 1 aromatic heterocycles. The van der Waals surface area contributed by atoms with Crippen LogP contribution in [0.15, 0.2) is 30.3 Å². The van der Waals surface area contributed by atoms with Gasteiger partial charge in [0.15, 0.2) is 5.69 Å². The van der Waals surface area contributed by atoms with E-state index in [1.54, 1.807) is 34.8 Å². The molecule has 0 spiro atoms. The summed E-state index contributed by atoms with van der Waals surface area (Å²) in [5.74, 6) is -0.409. The van der Waals surface area contributed by atoms with Crippen molar-refractivity contribution in [1.29, 1.82) is 0 Å². The Hall–Kier alpha value is -3.16. The molecule has 8 nitrogen and oxygen atoms in total. The molecule has 1 fully saturated rings. The number of carbonyl (C=O) groups is 3. The van der Waals surface area contributed by atoms with Crippen molar-refractivity contribution in [2.75, 3.05) is 33.8 Å². The fraction of sp³-hybridized carbons (Fsp3) is 0.429. The van der Waals surface area contributed by atoms with Crippen LogP contribution in [0.4, 0.5) is 0 Å². The van der Waals surface area contributed by atoms with E-state index in [1.807, 2.05) is 17.0 Å². The molecule has 0 saturated carbocycles. The molecule has 1 atom stereocenters. The molecule has 0 N–H and O–H groups in total. The van der Waals surface area contributed by atoms with Crippen LogP contribution >= 0.6 is 0 Å². The summed E-state index contributed by atoms with van der Waals surface area (Å²) < 4.78 is 6.37. The Kier molecular flexibility index (Phi) is 5.08. The van der Waals surface area contributed by atoms with Gasteiger partial charge in [-0.15, -0.1) is 0 Å². The Morgan fingerprint density at radius 1 is 1.14 bits per heavy atom. The zero-order chi connectivity index (χ0) is 20.5. The van der Waals surface area contributed by atoms with Crippen molar-refractivity contribution in [2.45, 2.75) is 25.3 Å². The van der Waals surface area contributed by atoms with Gasteiger partial charge in [0.05, 0.1) is 19.2 Å². The molecule has 2 amide bonds. The normalized spacial score (nSPS) is 19.1. The van der Waals surface area contributed by atoms with Crippen molar-refractivity contribution in [2.24, 2.45) is 0 Å².